The van der Waals surface area contributed by atoms with Gasteiger partial charge in [0.2, 0.25) is 0 Å². The molecular formula is C27H29F6NO3. The summed E-state index contributed by atoms with van der Waals surface area (Å²) in [5, 5.41) is 9.50. The molecule has 1 aliphatic heterocycles. The summed E-state index contributed by atoms with van der Waals surface area (Å²) in [6, 6.07) is 8.92. The Kier molecular flexibility index (Phi) is 7.78. The SMILES string of the molecule is C[C@H](C(=O)O)C(c1cccc(OCC2CCN(Cc3cc(C(F)(F)F)ccc3C(F)(F)F)C2)c1)C1CC1. The summed E-state index contributed by atoms with van der Waals surface area (Å²) < 4.78 is 85.5. The van der Waals surface area contributed by atoms with E-state index in [2.05, 4.69) is 0 Å². The van der Waals surface area contributed by atoms with Crippen molar-refractivity contribution in [2.45, 2.75) is 51.0 Å². The van der Waals surface area contributed by atoms with E-state index in [1.54, 1.807) is 17.9 Å². The second-order valence-electron chi connectivity index (χ2n) is 10.1. The Morgan fingerprint density at radius 3 is 2.41 bits per heavy atom. The summed E-state index contributed by atoms with van der Waals surface area (Å²) in [5.41, 5.74) is -1.64. The number of nitrogens with zero attached hydrogens (tertiary/aromatic N) is 1. The van der Waals surface area contributed by atoms with Crippen molar-refractivity contribution >= 4 is 5.97 Å². The zero-order valence-corrected chi connectivity index (χ0v) is 20.3. The van der Waals surface area contributed by atoms with Crippen molar-refractivity contribution in [2.24, 2.45) is 17.8 Å². The number of likely N-dealkylation sites (tertiary alicyclic amines) is 1. The molecule has 1 N–H and O–H groups in total. The lowest BCUT2D eigenvalue weighted by Crippen LogP contribution is -2.24. The van der Waals surface area contributed by atoms with E-state index in [-0.39, 0.29) is 18.4 Å². The average molecular weight is 530 g/mol. The van der Waals surface area contributed by atoms with Gasteiger partial charge in [0.15, 0.2) is 0 Å². The number of hydrogen-bond donors (Lipinski definition) is 1. The molecule has 1 saturated heterocycles. The second kappa shape index (κ2) is 10.6. The van der Waals surface area contributed by atoms with Crippen LogP contribution in [0.3, 0.4) is 0 Å². The highest BCUT2D eigenvalue weighted by molar-refractivity contribution is 5.71. The Hall–Kier alpha value is -2.75. The number of carboxylic acid groups (broad SMARTS) is 1. The lowest BCUT2D eigenvalue weighted by molar-refractivity contribution is -0.142. The molecule has 2 fully saturated rings. The maximum Gasteiger partial charge on any atom is 0.416 e. The van der Waals surface area contributed by atoms with Crippen LogP contribution in [-0.4, -0.2) is 35.7 Å². The third-order valence-corrected chi connectivity index (χ3v) is 7.29. The molecule has 1 heterocycles. The summed E-state index contributed by atoms with van der Waals surface area (Å²) in [6.45, 7) is 2.62. The Labute approximate surface area is 211 Å². The minimum atomic E-state index is -4.75. The zero-order valence-electron chi connectivity index (χ0n) is 20.3. The smallest absolute Gasteiger partial charge is 0.416 e. The number of aliphatic carboxylic acids is 1. The molecule has 4 nitrogen and oxygen atoms in total. The summed E-state index contributed by atoms with van der Waals surface area (Å²) in [7, 11) is 0. The Balaban J connectivity index is 1.39. The Bertz CT molecular complexity index is 1110. The number of alkyl halides is 6. The molecule has 2 aliphatic rings. The first-order chi connectivity index (χ1) is 17.3. The number of ether oxygens (including phenoxy) is 1. The van der Waals surface area contributed by atoms with E-state index in [9.17, 15) is 36.2 Å². The van der Waals surface area contributed by atoms with Crippen LogP contribution in [0.25, 0.3) is 0 Å². The molecule has 1 aliphatic carbocycles. The van der Waals surface area contributed by atoms with E-state index in [1.165, 1.54) is 0 Å². The first-order valence-corrected chi connectivity index (χ1v) is 12.3. The van der Waals surface area contributed by atoms with Gasteiger partial charge in [-0.25, -0.2) is 0 Å². The van der Waals surface area contributed by atoms with Crippen molar-refractivity contribution in [1.82, 2.24) is 4.90 Å². The quantitative estimate of drug-likeness (QED) is 0.362. The van der Waals surface area contributed by atoms with Crippen LogP contribution in [0.2, 0.25) is 0 Å². The Morgan fingerprint density at radius 2 is 1.78 bits per heavy atom. The normalized spacial score (nSPS) is 20.6. The topological polar surface area (TPSA) is 49.8 Å². The molecule has 0 spiro atoms. The number of rotatable bonds is 9. The predicted molar refractivity (Wildman–Crippen MR) is 124 cm³/mol. The molecule has 4 rings (SSSR count). The van der Waals surface area contributed by atoms with Gasteiger partial charge in [-0.15, -0.1) is 0 Å². The fraction of sp³-hybridized carbons (Fsp3) is 0.519. The molecule has 1 saturated carbocycles. The van der Waals surface area contributed by atoms with Gasteiger partial charge in [0.1, 0.15) is 5.75 Å². The fourth-order valence-electron chi connectivity index (χ4n) is 5.21. The predicted octanol–water partition coefficient (Wildman–Crippen LogP) is 6.84. The van der Waals surface area contributed by atoms with Gasteiger partial charge in [-0.05, 0) is 79.1 Å². The molecule has 37 heavy (non-hydrogen) atoms. The van der Waals surface area contributed by atoms with Crippen LogP contribution in [0.4, 0.5) is 26.3 Å². The standard InChI is InChI=1S/C27H29F6NO3/c1-16(25(35)36)24(18-5-6-18)19-3-2-4-22(12-19)37-15-17-9-10-34(13-17)14-20-11-21(26(28,29)30)7-8-23(20)27(31,32)33/h2-4,7-8,11-12,16-18,24H,5-6,9-10,13-15H2,1H3,(H,35,36)/t16-,17?,24?/m0/s1. The molecule has 10 heteroatoms. The number of hydrogen-bond acceptors (Lipinski definition) is 3. The molecule has 0 aromatic heterocycles. The van der Waals surface area contributed by atoms with Gasteiger partial charge in [-0.1, -0.05) is 19.1 Å². The molecule has 0 radical (unpaired) electrons. The van der Waals surface area contributed by atoms with Crippen LogP contribution in [0.15, 0.2) is 42.5 Å². The van der Waals surface area contributed by atoms with Crippen molar-refractivity contribution < 1.29 is 41.0 Å². The van der Waals surface area contributed by atoms with Crippen LogP contribution < -0.4 is 4.74 Å². The fourth-order valence-corrected chi connectivity index (χ4v) is 5.21. The minimum absolute atomic E-state index is 0.000892. The van der Waals surface area contributed by atoms with Crippen molar-refractivity contribution in [2.75, 3.05) is 19.7 Å². The van der Waals surface area contributed by atoms with Gasteiger partial charge in [-0.2, -0.15) is 26.3 Å². The molecule has 2 aromatic rings. The number of carboxylic acids is 1. The maximum atomic E-state index is 13.4. The van der Waals surface area contributed by atoms with E-state index in [0.717, 1.165) is 18.4 Å². The highest BCUT2D eigenvalue weighted by Gasteiger charge is 2.39. The largest absolute Gasteiger partial charge is 0.493 e. The lowest BCUT2D eigenvalue weighted by atomic mass is 9.83. The summed E-state index contributed by atoms with van der Waals surface area (Å²) in [6.07, 6.45) is -6.85. The summed E-state index contributed by atoms with van der Waals surface area (Å²) >= 11 is 0. The number of benzene rings is 2. The van der Waals surface area contributed by atoms with E-state index >= 15 is 0 Å². The molecule has 0 bridgehead atoms. The van der Waals surface area contributed by atoms with Gasteiger partial charge in [-0.3, -0.25) is 9.69 Å². The monoisotopic (exact) mass is 529 g/mol. The number of halogens is 6. The molecule has 0 amide bonds. The van der Waals surface area contributed by atoms with Crippen LogP contribution in [0, 0.1) is 17.8 Å². The van der Waals surface area contributed by atoms with Crippen LogP contribution in [0.5, 0.6) is 5.75 Å². The van der Waals surface area contributed by atoms with Crippen molar-refractivity contribution in [3.63, 3.8) is 0 Å². The zero-order chi connectivity index (χ0) is 27.0. The molecule has 3 atom stereocenters. The minimum Gasteiger partial charge on any atom is -0.493 e. The second-order valence-corrected chi connectivity index (χ2v) is 10.1. The summed E-state index contributed by atoms with van der Waals surface area (Å²) in [4.78, 5) is 13.3. The third-order valence-electron chi connectivity index (χ3n) is 7.29. The highest BCUT2D eigenvalue weighted by atomic mass is 19.4. The van der Waals surface area contributed by atoms with Gasteiger partial charge in [0.05, 0.1) is 23.7 Å². The van der Waals surface area contributed by atoms with Crippen LogP contribution in [0.1, 0.15) is 54.4 Å². The highest BCUT2D eigenvalue weighted by Crippen LogP contribution is 2.47. The molecule has 2 unspecified atom stereocenters. The maximum absolute atomic E-state index is 13.4. The van der Waals surface area contributed by atoms with Gasteiger partial charge in [0.25, 0.3) is 0 Å². The molecule has 2 aromatic carbocycles. The van der Waals surface area contributed by atoms with Crippen LogP contribution >= 0.6 is 0 Å². The molecular weight excluding hydrogens is 500 g/mol. The Morgan fingerprint density at radius 1 is 1.05 bits per heavy atom. The third kappa shape index (κ3) is 6.77. The number of carbonyl (C=O) groups is 1. The van der Waals surface area contributed by atoms with E-state index in [4.69, 9.17) is 4.74 Å². The van der Waals surface area contributed by atoms with Crippen LogP contribution in [-0.2, 0) is 23.7 Å². The average Bonchev–Trinajstić information content (AvgIpc) is 3.54. The summed E-state index contributed by atoms with van der Waals surface area (Å²) in [5.74, 6) is -0.537. The van der Waals surface area contributed by atoms with Crippen molar-refractivity contribution in [3.05, 3.63) is 64.7 Å². The first-order valence-electron chi connectivity index (χ1n) is 12.3. The van der Waals surface area contributed by atoms with Crippen molar-refractivity contribution in [1.29, 1.82) is 0 Å². The first kappa shape index (κ1) is 27.3. The van der Waals surface area contributed by atoms with Gasteiger partial charge in [0, 0.05) is 19.0 Å². The van der Waals surface area contributed by atoms with Gasteiger partial charge >= 0.3 is 18.3 Å². The molecule has 202 valence electrons. The van der Waals surface area contributed by atoms with Gasteiger partial charge < -0.3 is 9.84 Å². The van der Waals surface area contributed by atoms with Crippen molar-refractivity contribution in [3.8, 4) is 5.75 Å². The van der Waals surface area contributed by atoms with E-state index < -0.39 is 40.9 Å². The lowest BCUT2D eigenvalue weighted by Gasteiger charge is -2.22. The van der Waals surface area contributed by atoms with E-state index in [0.29, 0.717) is 56.0 Å². The van der Waals surface area contributed by atoms with E-state index in [1.807, 2.05) is 18.2 Å².